The molecule has 0 saturated heterocycles. The first-order chi connectivity index (χ1) is 17.7. The van der Waals surface area contributed by atoms with E-state index in [1.807, 2.05) is 6.92 Å². The van der Waals surface area contributed by atoms with Crippen LogP contribution in [0.2, 0.25) is 0 Å². The van der Waals surface area contributed by atoms with E-state index in [1.54, 1.807) is 36.4 Å². The van der Waals surface area contributed by atoms with Gasteiger partial charge in [0.25, 0.3) is 15.9 Å². The molecule has 0 aliphatic rings. The minimum atomic E-state index is -4.12. The Morgan fingerprint density at radius 1 is 0.892 bits per heavy atom. The molecule has 10 nitrogen and oxygen atoms in total. The quantitative estimate of drug-likeness (QED) is 0.300. The van der Waals surface area contributed by atoms with Crippen LogP contribution in [0.5, 0.6) is 23.0 Å². The Labute approximate surface area is 216 Å². The summed E-state index contributed by atoms with van der Waals surface area (Å²) in [5, 5.41) is 3.97. The van der Waals surface area contributed by atoms with Gasteiger partial charge in [0.15, 0.2) is 23.0 Å². The summed E-state index contributed by atoms with van der Waals surface area (Å²) in [7, 11) is 1.80. The topological polar surface area (TPSA) is 116 Å². The van der Waals surface area contributed by atoms with Crippen LogP contribution in [-0.4, -0.2) is 55.5 Å². The van der Waals surface area contributed by atoms with E-state index in [9.17, 15) is 13.2 Å². The number of sulfonamides is 1. The second kappa shape index (κ2) is 12.1. The molecule has 3 rings (SSSR count). The van der Waals surface area contributed by atoms with E-state index in [0.29, 0.717) is 28.6 Å². The summed E-state index contributed by atoms with van der Waals surface area (Å²) in [5.41, 5.74) is 4.05. The predicted octanol–water partition coefficient (Wildman–Crippen LogP) is 3.38. The van der Waals surface area contributed by atoms with Gasteiger partial charge in [0.2, 0.25) is 0 Å². The number of ether oxygens (including phenoxy) is 4. The second-order valence-electron chi connectivity index (χ2n) is 7.74. The lowest BCUT2D eigenvalue weighted by molar-refractivity contribution is -0.119. The van der Waals surface area contributed by atoms with Gasteiger partial charge < -0.3 is 18.9 Å². The fourth-order valence-electron chi connectivity index (χ4n) is 3.49. The molecule has 0 saturated carbocycles. The summed E-state index contributed by atoms with van der Waals surface area (Å²) < 4.78 is 49.4. The van der Waals surface area contributed by atoms with Crippen molar-refractivity contribution in [2.24, 2.45) is 5.10 Å². The normalized spacial score (nSPS) is 11.2. The maximum atomic E-state index is 13.6. The highest BCUT2D eigenvalue weighted by Crippen LogP contribution is 2.34. The number of amides is 1. The van der Waals surface area contributed by atoms with E-state index in [4.69, 9.17) is 18.9 Å². The number of para-hydroxylation sites is 1. The van der Waals surface area contributed by atoms with Crippen molar-refractivity contribution < 1.29 is 32.2 Å². The Hall–Kier alpha value is -4.25. The zero-order valence-corrected chi connectivity index (χ0v) is 22.0. The number of benzene rings is 3. The van der Waals surface area contributed by atoms with Crippen LogP contribution in [0, 0.1) is 6.92 Å². The SMILES string of the molecule is COc1ccc(N(CC(=O)N/N=C\c2cccc(OC)c2OC)S(=O)(=O)c2ccc(C)cc2)cc1OC. The molecule has 1 amide bonds. The summed E-state index contributed by atoms with van der Waals surface area (Å²) in [6.45, 7) is 1.31. The zero-order chi connectivity index (χ0) is 27.0. The van der Waals surface area contributed by atoms with Crippen LogP contribution in [0.1, 0.15) is 11.1 Å². The van der Waals surface area contributed by atoms with Crippen molar-refractivity contribution in [2.45, 2.75) is 11.8 Å². The Morgan fingerprint density at radius 2 is 1.57 bits per heavy atom. The molecular formula is C26H29N3O7S. The van der Waals surface area contributed by atoms with Crippen LogP contribution in [0.25, 0.3) is 0 Å². The van der Waals surface area contributed by atoms with Gasteiger partial charge in [-0.05, 0) is 43.3 Å². The summed E-state index contributed by atoms with van der Waals surface area (Å²) in [6.07, 6.45) is 1.38. The summed E-state index contributed by atoms with van der Waals surface area (Å²) in [6, 6.07) is 16.1. The van der Waals surface area contributed by atoms with Crippen LogP contribution in [-0.2, 0) is 14.8 Å². The van der Waals surface area contributed by atoms with Crippen LogP contribution in [0.3, 0.4) is 0 Å². The third kappa shape index (κ3) is 6.31. The van der Waals surface area contributed by atoms with E-state index in [2.05, 4.69) is 10.5 Å². The number of carbonyl (C=O) groups excluding carboxylic acids is 1. The molecule has 196 valence electrons. The van der Waals surface area contributed by atoms with Crippen molar-refractivity contribution in [3.8, 4) is 23.0 Å². The number of nitrogens with one attached hydrogen (secondary N) is 1. The highest BCUT2D eigenvalue weighted by molar-refractivity contribution is 7.92. The Morgan fingerprint density at radius 3 is 2.19 bits per heavy atom. The van der Waals surface area contributed by atoms with Crippen molar-refractivity contribution in [3.05, 3.63) is 71.8 Å². The van der Waals surface area contributed by atoms with Crippen LogP contribution >= 0.6 is 0 Å². The summed E-state index contributed by atoms with van der Waals surface area (Å²) in [5.74, 6) is 1.01. The molecule has 0 atom stereocenters. The van der Waals surface area contributed by atoms with Crippen LogP contribution in [0.15, 0.2) is 70.7 Å². The Balaban J connectivity index is 1.92. The molecule has 0 aliphatic heterocycles. The number of methoxy groups -OCH3 is 4. The van der Waals surface area contributed by atoms with Crippen molar-refractivity contribution in [2.75, 3.05) is 39.3 Å². The fourth-order valence-corrected chi connectivity index (χ4v) is 4.90. The van der Waals surface area contributed by atoms with Crippen molar-refractivity contribution in [1.82, 2.24) is 5.43 Å². The molecule has 0 heterocycles. The molecule has 0 unspecified atom stereocenters. The van der Waals surface area contributed by atoms with E-state index in [-0.39, 0.29) is 10.6 Å². The first-order valence-corrected chi connectivity index (χ1v) is 12.5. The lowest BCUT2D eigenvalue weighted by Crippen LogP contribution is -2.39. The molecular weight excluding hydrogens is 498 g/mol. The van der Waals surface area contributed by atoms with Gasteiger partial charge in [-0.25, -0.2) is 13.8 Å². The number of rotatable bonds is 11. The van der Waals surface area contributed by atoms with Gasteiger partial charge >= 0.3 is 0 Å². The standard InChI is InChI=1S/C26H29N3O7S/c1-18-9-12-21(13-10-18)37(31,32)29(20-11-14-22(33-2)24(15-20)35-4)17-25(30)28-27-16-19-7-6-8-23(34-3)26(19)36-5/h6-16H,17H2,1-5H3,(H,28,30)/b27-16-. The molecule has 37 heavy (non-hydrogen) atoms. The third-order valence-corrected chi connectivity index (χ3v) is 7.17. The first-order valence-electron chi connectivity index (χ1n) is 11.1. The van der Waals surface area contributed by atoms with Gasteiger partial charge in [0, 0.05) is 11.6 Å². The van der Waals surface area contributed by atoms with Gasteiger partial charge in [-0.2, -0.15) is 5.10 Å². The summed E-state index contributed by atoms with van der Waals surface area (Å²) >= 11 is 0. The van der Waals surface area contributed by atoms with E-state index in [0.717, 1.165) is 9.87 Å². The number of hydrogen-bond donors (Lipinski definition) is 1. The molecule has 0 radical (unpaired) electrons. The Kier molecular flexibility index (Phi) is 8.96. The van der Waals surface area contributed by atoms with Crippen molar-refractivity contribution in [3.63, 3.8) is 0 Å². The van der Waals surface area contributed by atoms with Gasteiger partial charge in [-0.3, -0.25) is 9.10 Å². The maximum Gasteiger partial charge on any atom is 0.264 e. The average Bonchev–Trinajstić information content (AvgIpc) is 2.91. The fraction of sp³-hybridized carbons (Fsp3) is 0.231. The maximum absolute atomic E-state index is 13.6. The average molecular weight is 528 g/mol. The largest absolute Gasteiger partial charge is 0.493 e. The highest BCUT2D eigenvalue weighted by Gasteiger charge is 2.28. The van der Waals surface area contributed by atoms with Gasteiger partial charge in [-0.15, -0.1) is 0 Å². The number of hydrazone groups is 1. The molecule has 0 fully saturated rings. The molecule has 0 bridgehead atoms. The van der Waals surface area contributed by atoms with E-state index >= 15 is 0 Å². The minimum absolute atomic E-state index is 0.0327. The number of nitrogens with zero attached hydrogens (tertiary/aromatic N) is 2. The molecule has 3 aromatic carbocycles. The second-order valence-corrected chi connectivity index (χ2v) is 9.60. The molecule has 0 aliphatic carbocycles. The smallest absolute Gasteiger partial charge is 0.264 e. The van der Waals surface area contributed by atoms with E-state index in [1.165, 1.54) is 58.9 Å². The molecule has 0 spiro atoms. The minimum Gasteiger partial charge on any atom is -0.493 e. The third-order valence-electron chi connectivity index (χ3n) is 5.38. The highest BCUT2D eigenvalue weighted by atomic mass is 32.2. The first kappa shape index (κ1) is 27.3. The zero-order valence-electron chi connectivity index (χ0n) is 21.2. The predicted molar refractivity (Wildman–Crippen MR) is 141 cm³/mol. The van der Waals surface area contributed by atoms with Crippen LogP contribution < -0.4 is 28.7 Å². The molecule has 3 aromatic rings. The van der Waals surface area contributed by atoms with Gasteiger partial charge in [0.05, 0.1) is 45.2 Å². The Bertz CT molecular complexity index is 1370. The number of hydrogen-bond acceptors (Lipinski definition) is 8. The monoisotopic (exact) mass is 527 g/mol. The number of carbonyl (C=O) groups is 1. The van der Waals surface area contributed by atoms with Crippen molar-refractivity contribution in [1.29, 1.82) is 0 Å². The van der Waals surface area contributed by atoms with Crippen LogP contribution in [0.4, 0.5) is 5.69 Å². The molecule has 11 heteroatoms. The number of anilines is 1. The molecule has 0 aromatic heterocycles. The summed E-state index contributed by atoms with van der Waals surface area (Å²) in [4.78, 5) is 12.9. The lowest BCUT2D eigenvalue weighted by atomic mass is 10.2. The number of aryl methyl sites for hydroxylation is 1. The molecule has 1 N–H and O–H groups in total. The van der Waals surface area contributed by atoms with Gasteiger partial charge in [-0.1, -0.05) is 23.8 Å². The van der Waals surface area contributed by atoms with Gasteiger partial charge in [0.1, 0.15) is 6.54 Å². The van der Waals surface area contributed by atoms with Crippen molar-refractivity contribution >= 4 is 27.8 Å². The lowest BCUT2D eigenvalue weighted by Gasteiger charge is -2.24. The van der Waals surface area contributed by atoms with E-state index < -0.39 is 22.5 Å².